The van der Waals surface area contributed by atoms with E-state index in [-0.39, 0.29) is 5.91 Å². The lowest BCUT2D eigenvalue weighted by molar-refractivity contribution is 0.102. The Morgan fingerprint density at radius 1 is 0.931 bits per heavy atom. The quantitative estimate of drug-likeness (QED) is 0.449. The van der Waals surface area contributed by atoms with Crippen LogP contribution in [0.25, 0.3) is 22.2 Å². The van der Waals surface area contributed by atoms with Crippen molar-refractivity contribution >= 4 is 22.5 Å². The van der Waals surface area contributed by atoms with E-state index < -0.39 is 0 Å². The van der Waals surface area contributed by atoms with Crippen LogP contribution in [0.5, 0.6) is 0 Å². The molecule has 4 rings (SSSR count). The molecule has 3 aromatic carbocycles. The number of anilines is 1. The molecule has 0 radical (unpaired) electrons. The Hall–Kier alpha value is -3.46. The molecule has 0 saturated heterocycles. The number of para-hydroxylation sites is 1. The molecule has 0 atom stereocenters. The number of nitrogens with zero attached hydrogens (tertiary/aromatic N) is 1. The minimum absolute atomic E-state index is 0.109. The van der Waals surface area contributed by atoms with Crippen LogP contribution in [0.4, 0.5) is 5.69 Å². The van der Waals surface area contributed by atoms with Gasteiger partial charge in [-0.3, -0.25) is 4.79 Å². The molecule has 3 heteroatoms. The van der Waals surface area contributed by atoms with E-state index in [1.807, 2.05) is 49.4 Å². The Kier molecular flexibility index (Phi) is 5.13. The van der Waals surface area contributed by atoms with Gasteiger partial charge in [-0.15, -0.1) is 0 Å². The maximum atomic E-state index is 13.3. The lowest BCUT2D eigenvalue weighted by Crippen LogP contribution is -2.15. The number of fused-ring (bicyclic) bond motifs is 1. The number of benzene rings is 3. The number of nitrogens with one attached hydrogen (secondary N) is 1. The Balaban J connectivity index is 1.84. The van der Waals surface area contributed by atoms with Gasteiger partial charge in [-0.2, -0.15) is 0 Å². The molecule has 1 aromatic heterocycles. The van der Waals surface area contributed by atoms with E-state index >= 15 is 0 Å². The van der Waals surface area contributed by atoms with Crippen molar-refractivity contribution in [2.75, 3.05) is 5.32 Å². The summed E-state index contributed by atoms with van der Waals surface area (Å²) in [6, 6.07) is 24.1. The van der Waals surface area contributed by atoms with Gasteiger partial charge in [-0.05, 0) is 49.6 Å². The largest absolute Gasteiger partial charge is 0.322 e. The van der Waals surface area contributed by atoms with Gasteiger partial charge in [0.05, 0.1) is 16.8 Å². The monoisotopic (exact) mass is 380 g/mol. The molecule has 29 heavy (non-hydrogen) atoms. The van der Waals surface area contributed by atoms with Gasteiger partial charge in [0, 0.05) is 16.6 Å². The van der Waals surface area contributed by atoms with Crippen molar-refractivity contribution in [3.63, 3.8) is 0 Å². The number of hydrogen-bond donors (Lipinski definition) is 1. The molecule has 0 aliphatic rings. The number of carbonyl (C=O) groups excluding carboxylic acids is 1. The Labute approximate surface area is 171 Å². The maximum absolute atomic E-state index is 13.3. The number of rotatable bonds is 4. The molecule has 3 nitrogen and oxygen atoms in total. The second-order valence-corrected chi connectivity index (χ2v) is 7.35. The van der Waals surface area contributed by atoms with Crippen LogP contribution in [-0.2, 0) is 6.42 Å². The van der Waals surface area contributed by atoms with E-state index in [2.05, 4.69) is 49.5 Å². The molecule has 4 aromatic rings. The van der Waals surface area contributed by atoms with Gasteiger partial charge in [0.25, 0.3) is 5.91 Å². The number of hydrogen-bond acceptors (Lipinski definition) is 2. The molecule has 1 heterocycles. The molecule has 144 valence electrons. The first-order valence-electron chi connectivity index (χ1n) is 9.93. The number of carbonyl (C=O) groups is 1. The standard InChI is InChI=1S/C26H24N2O/c1-4-19-8-7-9-21(16-19)27-26(29)24-18(3)25(20-14-12-17(2)13-15-20)28-23-11-6-5-10-22(23)24/h5-16H,4H2,1-3H3,(H,27,29). The summed E-state index contributed by atoms with van der Waals surface area (Å²) >= 11 is 0. The number of aryl methyl sites for hydroxylation is 2. The fraction of sp³-hybridized carbons (Fsp3) is 0.154. The molecule has 0 unspecified atom stereocenters. The van der Waals surface area contributed by atoms with E-state index in [1.165, 1.54) is 11.1 Å². The highest BCUT2D eigenvalue weighted by atomic mass is 16.1. The molecule has 0 aliphatic carbocycles. The SMILES string of the molecule is CCc1cccc(NC(=O)c2c(C)c(-c3ccc(C)cc3)nc3ccccc23)c1. The van der Waals surface area contributed by atoms with E-state index in [1.54, 1.807) is 0 Å². The Morgan fingerprint density at radius 2 is 1.69 bits per heavy atom. The van der Waals surface area contributed by atoms with Crippen LogP contribution in [0.3, 0.4) is 0 Å². The molecule has 0 spiro atoms. The normalized spacial score (nSPS) is 10.9. The van der Waals surface area contributed by atoms with Gasteiger partial charge >= 0.3 is 0 Å². The van der Waals surface area contributed by atoms with Crippen molar-refractivity contribution in [2.24, 2.45) is 0 Å². The third kappa shape index (κ3) is 3.77. The molecule has 0 bridgehead atoms. The molecular weight excluding hydrogens is 356 g/mol. The van der Waals surface area contributed by atoms with Crippen LogP contribution >= 0.6 is 0 Å². The zero-order valence-corrected chi connectivity index (χ0v) is 17.0. The van der Waals surface area contributed by atoms with Crippen molar-refractivity contribution in [3.8, 4) is 11.3 Å². The number of pyridine rings is 1. The molecule has 1 N–H and O–H groups in total. The molecular formula is C26H24N2O. The van der Waals surface area contributed by atoms with Gasteiger partial charge < -0.3 is 5.32 Å². The Bertz CT molecular complexity index is 1190. The topological polar surface area (TPSA) is 42.0 Å². The van der Waals surface area contributed by atoms with Gasteiger partial charge in [-0.1, -0.05) is 67.1 Å². The lowest BCUT2D eigenvalue weighted by atomic mass is 9.96. The van der Waals surface area contributed by atoms with Gasteiger partial charge in [0.2, 0.25) is 0 Å². The minimum Gasteiger partial charge on any atom is -0.322 e. The van der Waals surface area contributed by atoms with Crippen molar-refractivity contribution < 1.29 is 4.79 Å². The number of amides is 1. The molecule has 1 amide bonds. The fourth-order valence-corrected chi connectivity index (χ4v) is 3.65. The van der Waals surface area contributed by atoms with Crippen molar-refractivity contribution in [1.82, 2.24) is 4.98 Å². The van der Waals surface area contributed by atoms with Crippen molar-refractivity contribution in [1.29, 1.82) is 0 Å². The summed E-state index contributed by atoms with van der Waals surface area (Å²) in [7, 11) is 0. The van der Waals surface area contributed by atoms with Crippen molar-refractivity contribution in [3.05, 3.63) is 95.1 Å². The Morgan fingerprint density at radius 3 is 2.45 bits per heavy atom. The van der Waals surface area contributed by atoms with E-state index in [4.69, 9.17) is 4.98 Å². The van der Waals surface area contributed by atoms with Crippen LogP contribution in [0.15, 0.2) is 72.8 Å². The summed E-state index contributed by atoms with van der Waals surface area (Å²) in [4.78, 5) is 18.2. The second kappa shape index (κ2) is 7.88. The number of aromatic nitrogens is 1. The molecule has 0 aliphatic heterocycles. The van der Waals surface area contributed by atoms with Gasteiger partial charge in [-0.25, -0.2) is 4.98 Å². The van der Waals surface area contributed by atoms with E-state index in [0.29, 0.717) is 5.56 Å². The third-order valence-corrected chi connectivity index (χ3v) is 5.28. The molecule has 0 saturated carbocycles. The summed E-state index contributed by atoms with van der Waals surface area (Å²) in [5.74, 6) is -0.109. The average Bonchev–Trinajstić information content (AvgIpc) is 2.74. The van der Waals surface area contributed by atoms with E-state index in [0.717, 1.165) is 39.8 Å². The zero-order valence-electron chi connectivity index (χ0n) is 17.0. The average molecular weight is 380 g/mol. The van der Waals surface area contributed by atoms with Crippen LogP contribution in [-0.4, -0.2) is 10.9 Å². The summed E-state index contributed by atoms with van der Waals surface area (Å²) in [6.07, 6.45) is 0.929. The first-order valence-corrected chi connectivity index (χ1v) is 9.93. The predicted octanol–water partition coefficient (Wildman–Crippen LogP) is 6.33. The van der Waals surface area contributed by atoms with Crippen LogP contribution in [0.2, 0.25) is 0 Å². The lowest BCUT2D eigenvalue weighted by Gasteiger charge is -2.15. The highest BCUT2D eigenvalue weighted by Crippen LogP contribution is 2.30. The zero-order chi connectivity index (χ0) is 20.4. The minimum atomic E-state index is -0.109. The van der Waals surface area contributed by atoms with Crippen LogP contribution in [0, 0.1) is 13.8 Å². The predicted molar refractivity (Wildman–Crippen MR) is 120 cm³/mol. The summed E-state index contributed by atoms with van der Waals surface area (Å²) in [5, 5.41) is 3.95. The second-order valence-electron chi connectivity index (χ2n) is 7.35. The third-order valence-electron chi connectivity index (χ3n) is 5.28. The molecule has 0 fully saturated rings. The van der Waals surface area contributed by atoms with Crippen LogP contribution in [0.1, 0.15) is 34.0 Å². The highest BCUT2D eigenvalue weighted by molar-refractivity contribution is 6.14. The fourth-order valence-electron chi connectivity index (χ4n) is 3.65. The maximum Gasteiger partial charge on any atom is 0.256 e. The van der Waals surface area contributed by atoms with Gasteiger partial charge in [0.1, 0.15) is 0 Å². The van der Waals surface area contributed by atoms with Gasteiger partial charge in [0.15, 0.2) is 0 Å². The van der Waals surface area contributed by atoms with Crippen molar-refractivity contribution in [2.45, 2.75) is 27.2 Å². The van der Waals surface area contributed by atoms with E-state index in [9.17, 15) is 4.79 Å². The first-order chi connectivity index (χ1) is 14.1. The summed E-state index contributed by atoms with van der Waals surface area (Å²) < 4.78 is 0. The van der Waals surface area contributed by atoms with Crippen LogP contribution < -0.4 is 5.32 Å². The summed E-state index contributed by atoms with van der Waals surface area (Å²) in [6.45, 7) is 6.15. The highest BCUT2D eigenvalue weighted by Gasteiger charge is 2.19. The summed E-state index contributed by atoms with van der Waals surface area (Å²) in [5.41, 5.74) is 7.44. The first kappa shape index (κ1) is 18.9. The smallest absolute Gasteiger partial charge is 0.256 e.